The molecule has 0 saturated carbocycles. The summed E-state index contributed by atoms with van der Waals surface area (Å²) in [4.78, 5) is 0. The van der Waals surface area contributed by atoms with E-state index in [4.69, 9.17) is 5.73 Å². The van der Waals surface area contributed by atoms with Gasteiger partial charge in [0.15, 0.2) is 0 Å². The number of hydrogen-bond donors (Lipinski definition) is 2. The van der Waals surface area contributed by atoms with Crippen molar-refractivity contribution in [3.05, 3.63) is 65.7 Å². The van der Waals surface area contributed by atoms with Gasteiger partial charge in [0, 0.05) is 5.69 Å². The zero-order chi connectivity index (χ0) is 11.4. The van der Waals surface area contributed by atoms with E-state index in [1.807, 2.05) is 43.4 Å². The molecule has 0 heterocycles. The molecule has 16 heavy (non-hydrogen) atoms. The summed E-state index contributed by atoms with van der Waals surface area (Å²) in [6.07, 6.45) is 0. The van der Waals surface area contributed by atoms with E-state index in [9.17, 15) is 0 Å². The van der Waals surface area contributed by atoms with E-state index in [1.165, 1.54) is 11.1 Å². The molecular weight excluding hydrogens is 196 g/mol. The van der Waals surface area contributed by atoms with Gasteiger partial charge in [0.1, 0.15) is 0 Å². The number of hydrogen-bond acceptors (Lipinski definition) is 2. The molecule has 3 N–H and O–H groups in total. The summed E-state index contributed by atoms with van der Waals surface area (Å²) in [6.45, 7) is 0. The molecule has 0 fully saturated rings. The molecule has 0 bridgehead atoms. The molecule has 82 valence electrons. The molecule has 0 saturated heterocycles. The molecule has 0 amide bonds. The standard InChI is InChI=1S/C14H16N2/c1-16-14(11-6-3-2-4-7-11)12-8-5-9-13(15)10-12/h2-10,14,16H,15H2,1H3. The average molecular weight is 212 g/mol. The summed E-state index contributed by atoms with van der Waals surface area (Å²) in [7, 11) is 1.96. The first-order valence-corrected chi connectivity index (χ1v) is 5.39. The molecule has 2 aromatic carbocycles. The third-order valence-corrected chi connectivity index (χ3v) is 2.67. The van der Waals surface area contributed by atoms with Crippen LogP contribution in [0.3, 0.4) is 0 Å². The lowest BCUT2D eigenvalue weighted by Crippen LogP contribution is -2.17. The molecule has 0 radical (unpaired) electrons. The van der Waals surface area contributed by atoms with Crippen LogP contribution >= 0.6 is 0 Å². The smallest absolute Gasteiger partial charge is 0.0575 e. The SMILES string of the molecule is CNC(c1ccccc1)c1cccc(N)c1. The Balaban J connectivity index is 2.37. The summed E-state index contributed by atoms with van der Waals surface area (Å²) in [5.41, 5.74) is 9.04. The van der Waals surface area contributed by atoms with Crippen LogP contribution in [0.15, 0.2) is 54.6 Å². The Kier molecular flexibility index (Phi) is 3.22. The molecule has 2 heteroatoms. The average Bonchev–Trinajstić information content (AvgIpc) is 2.31. The minimum atomic E-state index is 0.199. The van der Waals surface area contributed by atoms with Crippen LogP contribution in [-0.4, -0.2) is 7.05 Å². The fourth-order valence-electron chi connectivity index (χ4n) is 1.91. The van der Waals surface area contributed by atoms with Crippen LogP contribution in [0.2, 0.25) is 0 Å². The van der Waals surface area contributed by atoms with E-state index in [2.05, 4.69) is 23.5 Å². The highest BCUT2D eigenvalue weighted by Crippen LogP contribution is 2.22. The molecule has 0 aliphatic carbocycles. The Morgan fingerprint density at radius 1 is 0.938 bits per heavy atom. The van der Waals surface area contributed by atoms with Crippen molar-refractivity contribution in [3.8, 4) is 0 Å². The highest BCUT2D eigenvalue weighted by Gasteiger charge is 2.10. The molecule has 2 rings (SSSR count). The zero-order valence-corrected chi connectivity index (χ0v) is 9.35. The van der Waals surface area contributed by atoms with E-state index in [0.29, 0.717) is 0 Å². The first kappa shape index (κ1) is 10.7. The van der Waals surface area contributed by atoms with Crippen LogP contribution in [0.25, 0.3) is 0 Å². The summed E-state index contributed by atoms with van der Waals surface area (Å²) < 4.78 is 0. The van der Waals surface area contributed by atoms with Crippen LogP contribution in [0.1, 0.15) is 17.2 Å². The highest BCUT2D eigenvalue weighted by molar-refractivity contribution is 5.44. The van der Waals surface area contributed by atoms with E-state index < -0.39 is 0 Å². The van der Waals surface area contributed by atoms with Crippen molar-refractivity contribution >= 4 is 5.69 Å². The molecule has 2 aromatic rings. The molecule has 0 aliphatic heterocycles. The fraction of sp³-hybridized carbons (Fsp3) is 0.143. The largest absolute Gasteiger partial charge is 0.399 e. The van der Waals surface area contributed by atoms with E-state index in [0.717, 1.165) is 5.69 Å². The van der Waals surface area contributed by atoms with Gasteiger partial charge in [0.2, 0.25) is 0 Å². The van der Waals surface area contributed by atoms with E-state index in [-0.39, 0.29) is 6.04 Å². The Labute approximate surface area is 96.1 Å². The third-order valence-electron chi connectivity index (χ3n) is 2.67. The van der Waals surface area contributed by atoms with Gasteiger partial charge in [0.05, 0.1) is 6.04 Å². The van der Waals surface area contributed by atoms with Gasteiger partial charge in [-0.3, -0.25) is 0 Å². The number of anilines is 1. The van der Waals surface area contributed by atoms with Crippen LogP contribution in [0.5, 0.6) is 0 Å². The van der Waals surface area contributed by atoms with Gasteiger partial charge in [0.25, 0.3) is 0 Å². The van der Waals surface area contributed by atoms with Crippen LogP contribution in [-0.2, 0) is 0 Å². The number of nitrogens with one attached hydrogen (secondary N) is 1. The van der Waals surface area contributed by atoms with Gasteiger partial charge in [-0.2, -0.15) is 0 Å². The van der Waals surface area contributed by atoms with Crippen molar-refractivity contribution in [3.63, 3.8) is 0 Å². The predicted molar refractivity (Wildman–Crippen MR) is 68.2 cm³/mol. The molecule has 2 nitrogen and oxygen atoms in total. The number of nitrogens with two attached hydrogens (primary N) is 1. The first-order chi connectivity index (χ1) is 7.81. The van der Waals surface area contributed by atoms with Gasteiger partial charge in [-0.25, -0.2) is 0 Å². The van der Waals surface area contributed by atoms with Crippen molar-refractivity contribution in [2.75, 3.05) is 12.8 Å². The Morgan fingerprint density at radius 3 is 2.25 bits per heavy atom. The molecular formula is C14H16N2. The first-order valence-electron chi connectivity index (χ1n) is 5.39. The molecule has 0 aromatic heterocycles. The maximum absolute atomic E-state index is 5.80. The number of nitrogen functional groups attached to an aromatic ring is 1. The zero-order valence-electron chi connectivity index (χ0n) is 9.35. The maximum atomic E-state index is 5.80. The topological polar surface area (TPSA) is 38.0 Å². The van der Waals surface area contributed by atoms with Gasteiger partial charge in [-0.05, 0) is 30.3 Å². The molecule has 1 unspecified atom stereocenters. The van der Waals surface area contributed by atoms with Crippen molar-refractivity contribution in [1.29, 1.82) is 0 Å². The summed E-state index contributed by atoms with van der Waals surface area (Å²) in [5, 5.41) is 3.31. The van der Waals surface area contributed by atoms with Crippen molar-refractivity contribution in [2.24, 2.45) is 0 Å². The maximum Gasteiger partial charge on any atom is 0.0575 e. The second-order valence-electron chi connectivity index (χ2n) is 3.80. The number of rotatable bonds is 3. The Morgan fingerprint density at radius 2 is 1.62 bits per heavy atom. The number of benzene rings is 2. The second-order valence-corrected chi connectivity index (χ2v) is 3.80. The summed E-state index contributed by atoms with van der Waals surface area (Å²) >= 11 is 0. The normalized spacial score (nSPS) is 12.3. The monoisotopic (exact) mass is 212 g/mol. The fourth-order valence-corrected chi connectivity index (χ4v) is 1.91. The minimum Gasteiger partial charge on any atom is -0.399 e. The highest BCUT2D eigenvalue weighted by atomic mass is 14.9. The third kappa shape index (κ3) is 2.23. The lowest BCUT2D eigenvalue weighted by Gasteiger charge is -2.17. The van der Waals surface area contributed by atoms with Crippen molar-refractivity contribution in [2.45, 2.75) is 6.04 Å². The molecule has 0 spiro atoms. The quantitative estimate of drug-likeness (QED) is 0.767. The van der Waals surface area contributed by atoms with Crippen LogP contribution in [0.4, 0.5) is 5.69 Å². The summed E-state index contributed by atoms with van der Waals surface area (Å²) in [6, 6.07) is 18.5. The molecule has 1 atom stereocenters. The van der Waals surface area contributed by atoms with Crippen LogP contribution < -0.4 is 11.1 Å². The predicted octanol–water partition coefficient (Wildman–Crippen LogP) is 2.58. The second kappa shape index (κ2) is 4.81. The lowest BCUT2D eigenvalue weighted by molar-refractivity contribution is 0.692. The lowest BCUT2D eigenvalue weighted by atomic mass is 9.98. The minimum absolute atomic E-state index is 0.199. The van der Waals surface area contributed by atoms with Crippen LogP contribution in [0, 0.1) is 0 Å². The molecule has 0 aliphatic rings. The van der Waals surface area contributed by atoms with Crippen molar-refractivity contribution < 1.29 is 0 Å². The van der Waals surface area contributed by atoms with Crippen molar-refractivity contribution in [1.82, 2.24) is 5.32 Å². The Hall–Kier alpha value is -1.80. The van der Waals surface area contributed by atoms with Gasteiger partial charge < -0.3 is 11.1 Å². The van der Waals surface area contributed by atoms with Gasteiger partial charge in [-0.1, -0.05) is 42.5 Å². The van der Waals surface area contributed by atoms with E-state index >= 15 is 0 Å². The van der Waals surface area contributed by atoms with Gasteiger partial charge >= 0.3 is 0 Å². The van der Waals surface area contributed by atoms with Gasteiger partial charge in [-0.15, -0.1) is 0 Å². The summed E-state index contributed by atoms with van der Waals surface area (Å²) in [5.74, 6) is 0. The Bertz CT molecular complexity index is 451. The van der Waals surface area contributed by atoms with E-state index in [1.54, 1.807) is 0 Å².